The fraction of sp³-hybridized carbons (Fsp3) is 0.450. The number of rotatable bonds is 7. The van der Waals surface area contributed by atoms with Crippen LogP contribution < -0.4 is 10.2 Å². The molecule has 0 saturated carbocycles. The molecule has 1 amide bonds. The van der Waals surface area contributed by atoms with E-state index in [1.54, 1.807) is 28.8 Å². The van der Waals surface area contributed by atoms with Gasteiger partial charge < -0.3 is 10.1 Å². The summed E-state index contributed by atoms with van der Waals surface area (Å²) in [5.41, 5.74) is 2.05. The van der Waals surface area contributed by atoms with Gasteiger partial charge in [-0.2, -0.15) is 0 Å². The largest absolute Gasteiger partial charge is 0.462 e. The Bertz CT molecular complexity index is 867. The number of aryl methyl sites for hydroxylation is 1. The molecule has 0 spiro atoms. The number of carbonyl (C=O) groups excluding carboxylic acids is 2. The molecule has 1 aliphatic carbocycles. The first-order valence-corrected chi connectivity index (χ1v) is 10.2. The van der Waals surface area contributed by atoms with Crippen molar-refractivity contribution in [2.75, 3.05) is 11.9 Å². The van der Waals surface area contributed by atoms with E-state index >= 15 is 0 Å². The lowest BCUT2D eigenvalue weighted by atomic mass is 10.0. The first kappa shape index (κ1) is 19.4. The summed E-state index contributed by atoms with van der Waals surface area (Å²) in [6, 6.07) is 6.59. The Balaban J connectivity index is 1.59. The Kier molecular flexibility index (Phi) is 6.45. The smallest absolute Gasteiger partial charge is 0.338 e. The van der Waals surface area contributed by atoms with Crippen LogP contribution in [-0.2, 0) is 28.9 Å². The number of aromatic nitrogens is 1. The highest BCUT2D eigenvalue weighted by Crippen LogP contribution is 2.23. The quantitative estimate of drug-likeness (QED) is 0.583. The number of anilines is 1. The van der Waals surface area contributed by atoms with Crippen LogP contribution in [0.4, 0.5) is 5.69 Å². The van der Waals surface area contributed by atoms with Gasteiger partial charge in [0.2, 0.25) is 5.91 Å². The van der Waals surface area contributed by atoms with Crippen LogP contribution in [0.15, 0.2) is 29.1 Å². The number of amides is 1. The van der Waals surface area contributed by atoms with Crippen LogP contribution >= 0.6 is 11.3 Å². The lowest BCUT2D eigenvalue weighted by Crippen LogP contribution is -2.26. The summed E-state index contributed by atoms with van der Waals surface area (Å²) in [6.07, 6.45) is 5.75. The van der Waals surface area contributed by atoms with Crippen LogP contribution in [0.25, 0.3) is 0 Å². The van der Waals surface area contributed by atoms with Crippen molar-refractivity contribution < 1.29 is 14.3 Å². The third-order valence-electron chi connectivity index (χ3n) is 4.58. The minimum absolute atomic E-state index is 0.0193. The van der Waals surface area contributed by atoms with Crippen LogP contribution in [-0.4, -0.2) is 23.1 Å². The topological polar surface area (TPSA) is 77.4 Å². The number of hydrogen-bond acceptors (Lipinski definition) is 5. The standard InChI is InChI=1S/C20H24N2O4S/c1-2-3-12-26-19(24)14-8-10-15(11-9-14)21-18(23)13-22-16-6-4-5-7-17(16)27-20(22)25/h8-11H,2-7,12-13H2,1H3,(H,21,23). The van der Waals surface area contributed by atoms with Crippen LogP contribution in [0.5, 0.6) is 0 Å². The van der Waals surface area contributed by atoms with Gasteiger partial charge in [0, 0.05) is 16.3 Å². The zero-order valence-electron chi connectivity index (χ0n) is 15.5. The molecule has 6 nitrogen and oxygen atoms in total. The third-order valence-corrected chi connectivity index (χ3v) is 5.66. The molecule has 0 unspecified atom stereocenters. The van der Waals surface area contributed by atoms with Gasteiger partial charge in [0.05, 0.1) is 12.2 Å². The minimum Gasteiger partial charge on any atom is -0.462 e. The molecule has 0 fully saturated rings. The summed E-state index contributed by atoms with van der Waals surface area (Å²) in [7, 11) is 0. The van der Waals surface area contributed by atoms with E-state index in [1.807, 2.05) is 6.92 Å². The number of unbranched alkanes of at least 4 members (excludes halogenated alkanes) is 1. The molecular formula is C20H24N2O4S. The van der Waals surface area contributed by atoms with E-state index in [2.05, 4.69) is 5.32 Å². The second-order valence-electron chi connectivity index (χ2n) is 6.65. The van der Waals surface area contributed by atoms with Crippen molar-refractivity contribution in [2.45, 2.75) is 52.0 Å². The van der Waals surface area contributed by atoms with E-state index in [-0.39, 0.29) is 23.3 Å². The van der Waals surface area contributed by atoms with E-state index in [0.717, 1.165) is 49.1 Å². The molecule has 7 heteroatoms. The van der Waals surface area contributed by atoms with Gasteiger partial charge in [-0.05, 0) is 56.4 Å². The molecule has 1 aromatic heterocycles. The summed E-state index contributed by atoms with van der Waals surface area (Å²) in [5, 5.41) is 2.79. The summed E-state index contributed by atoms with van der Waals surface area (Å²) in [5.74, 6) is -0.612. The Labute approximate surface area is 162 Å². The molecule has 1 heterocycles. The first-order chi connectivity index (χ1) is 13.1. The SMILES string of the molecule is CCCCOC(=O)c1ccc(NC(=O)Cn2c3c(sc2=O)CCCC3)cc1. The van der Waals surface area contributed by atoms with Crippen molar-refractivity contribution in [3.8, 4) is 0 Å². The molecule has 0 bridgehead atoms. The number of nitrogens with one attached hydrogen (secondary N) is 1. The molecular weight excluding hydrogens is 364 g/mol. The van der Waals surface area contributed by atoms with Crippen molar-refractivity contribution in [3.63, 3.8) is 0 Å². The van der Waals surface area contributed by atoms with Gasteiger partial charge in [0.25, 0.3) is 0 Å². The Morgan fingerprint density at radius 2 is 1.93 bits per heavy atom. The third kappa shape index (κ3) is 4.86. The number of thiazole rings is 1. The zero-order chi connectivity index (χ0) is 19.2. The van der Waals surface area contributed by atoms with E-state index in [0.29, 0.717) is 17.9 Å². The maximum absolute atomic E-state index is 12.4. The fourth-order valence-electron chi connectivity index (χ4n) is 3.11. The first-order valence-electron chi connectivity index (χ1n) is 9.37. The molecule has 2 aromatic rings. The average Bonchev–Trinajstić information content (AvgIpc) is 2.98. The zero-order valence-corrected chi connectivity index (χ0v) is 16.3. The average molecular weight is 388 g/mol. The molecule has 27 heavy (non-hydrogen) atoms. The number of benzene rings is 1. The lowest BCUT2D eigenvalue weighted by Gasteiger charge is -2.14. The minimum atomic E-state index is -0.363. The van der Waals surface area contributed by atoms with Gasteiger partial charge in [-0.1, -0.05) is 24.7 Å². The van der Waals surface area contributed by atoms with E-state index in [4.69, 9.17) is 4.74 Å². The molecule has 0 radical (unpaired) electrons. The molecule has 1 aromatic carbocycles. The summed E-state index contributed by atoms with van der Waals surface area (Å²) < 4.78 is 6.75. The summed E-state index contributed by atoms with van der Waals surface area (Å²) >= 11 is 1.25. The number of ether oxygens (including phenoxy) is 1. The fourth-order valence-corrected chi connectivity index (χ4v) is 4.19. The van der Waals surface area contributed by atoms with Gasteiger partial charge in [-0.15, -0.1) is 0 Å². The van der Waals surface area contributed by atoms with Crippen LogP contribution in [0, 0.1) is 0 Å². The molecule has 0 atom stereocenters. The van der Waals surface area contributed by atoms with Crippen LogP contribution in [0.1, 0.15) is 53.5 Å². The lowest BCUT2D eigenvalue weighted by molar-refractivity contribution is -0.116. The van der Waals surface area contributed by atoms with Gasteiger partial charge in [-0.25, -0.2) is 4.79 Å². The van der Waals surface area contributed by atoms with Crippen LogP contribution in [0.2, 0.25) is 0 Å². The Hall–Kier alpha value is -2.41. The maximum atomic E-state index is 12.4. The summed E-state index contributed by atoms with van der Waals surface area (Å²) in [4.78, 5) is 37.5. The Morgan fingerprint density at radius 3 is 2.67 bits per heavy atom. The van der Waals surface area contributed by atoms with Gasteiger partial charge in [0.15, 0.2) is 0 Å². The molecule has 1 aliphatic rings. The van der Waals surface area contributed by atoms with Crippen molar-refractivity contribution >= 4 is 28.9 Å². The number of nitrogens with zero attached hydrogens (tertiary/aromatic N) is 1. The highest BCUT2D eigenvalue weighted by molar-refractivity contribution is 7.09. The number of hydrogen-bond donors (Lipinski definition) is 1. The van der Waals surface area contributed by atoms with Crippen molar-refractivity contribution in [1.82, 2.24) is 4.57 Å². The van der Waals surface area contributed by atoms with Crippen molar-refractivity contribution in [2.24, 2.45) is 0 Å². The molecule has 0 aliphatic heterocycles. The monoisotopic (exact) mass is 388 g/mol. The number of carbonyl (C=O) groups is 2. The normalized spacial score (nSPS) is 13.1. The molecule has 1 N–H and O–H groups in total. The second kappa shape index (κ2) is 8.99. The van der Waals surface area contributed by atoms with Crippen LogP contribution in [0.3, 0.4) is 0 Å². The van der Waals surface area contributed by atoms with Gasteiger partial charge in [-0.3, -0.25) is 14.2 Å². The number of esters is 1. The predicted octanol–water partition coefficient (Wildman–Crippen LogP) is 3.38. The highest BCUT2D eigenvalue weighted by Gasteiger charge is 2.19. The van der Waals surface area contributed by atoms with E-state index in [1.165, 1.54) is 11.3 Å². The molecule has 0 saturated heterocycles. The number of fused-ring (bicyclic) bond motifs is 1. The predicted molar refractivity (Wildman–Crippen MR) is 105 cm³/mol. The maximum Gasteiger partial charge on any atom is 0.338 e. The molecule has 144 valence electrons. The summed E-state index contributed by atoms with van der Waals surface area (Å²) in [6.45, 7) is 2.46. The second-order valence-corrected chi connectivity index (χ2v) is 7.69. The van der Waals surface area contributed by atoms with Gasteiger partial charge >= 0.3 is 10.8 Å². The highest BCUT2D eigenvalue weighted by atomic mass is 32.1. The van der Waals surface area contributed by atoms with E-state index in [9.17, 15) is 14.4 Å². The van der Waals surface area contributed by atoms with Crippen molar-refractivity contribution in [1.29, 1.82) is 0 Å². The Morgan fingerprint density at radius 1 is 1.19 bits per heavy atom. The van der Waals surface area contributed by atoms with E-state index < -0.39 is 0 Å². The van der Waals surface area contributed by atoms with Gasteiger partial charge in [0.1, 0.15) is 6.54 Å². The van der Waals surface area contributed by atoms with Crippen molar-refractivity contribution in [3.05, 3.63) is 50.1 Å². The molecule has 3 rings (SSSR count).